The minimum absolute atomic E-state index is 0.262. The Morgan fingerprint density at radius 1 is 1.33 bits per heavy atom. The second kappa shape index (κ2) is 4.01. The third kappa shape index (κ3) is 2.18. The Morgan fingerprint density at radius 3 is 2.53 bits per heavy atom. The lowest BCUT2D eigenvalue weighted by molar-refractivity contribution is 0.230. The van der Waals surface area contributed by atoms with Crippen LogP contribution in [-0.4, -0.2) is 49.8 Å². The van der Waals surface area contributed by atoms with Crippen molar-refractivity contribution in [1.29, 1.82) is 0 Å². The standard InChI is InChI=1S/C9H19N3O2S/c1-11-6-8(4-5-10)7-12(9-2-3-9)15(11,13)14/h8-9H,2-7,10H2,1H3. The molecule has 0 radical (unpaired) electrons. The molecule has 88 valence electrons. The van der Waals surface area contributed by atoms with E-state index in [0.717, 1.165) is 19.3 Å². The molecule has 0 aromatic rings. The van der Waals surface area contributed by atoms with Crippen LogP contribution in [0.3, 0.4) is 0 Å². The van der Waals surface area contributed by atoms with E-state index in [0.29, 0.717) is 25.6 Å². The van der Waals surface area contributed by atoms with E-state index in [1.165, 1.54) is 4.31 Å². The van der Waals surface area contributed by atoms with Crippen molar-refractivity contribution in [3.8, 4) is 0 Å². The predicted molar refractivity (Wildman–Crippen MR) is 58.4 cm³/mol. The van der Waals surface area contributed by atoms with Crippen molar-refractivity contribution in [2.24, 2.45) is 11.7 Å². The largest absolute Gasteiger partial charge is 0.330 e. The van der Waals surface area contributed by atoms with Gasteiger partial charge in [0.25, 0.3) is 10.2 Å². The fourth-order valence-corrected chi connectivity index (χ4v) is 3.91. The van der Waals surface area contributed by atoms with Crippen molar-refractivity contribution in [3.63, 3.8) is 0 Å². The molecule has 1 unspecified atom stereocenters. The predicted octanol–water partition coefficient (Wildman–Crippen LogP) is -0.394. The highest BCUT2D eigenvalue weighted by molar-refractivity contribution is 7.86. The highest BCUT2D eigenvalue weighted by atomic mass is 32.2. The van der Waals surface area contributed by atoms with Crippen LogP contribution in [0.4, 0.5) is 0 Å². The molecule has 0 aromatic heterocycles. The molecule has 6 heteroatoms. The summed E-state index contributed by atoms with van der Waals surface area (Å²) in [5, 5.41) is 0. The number of rotatable bonds is 3. The third-order valence-corrected chi connectivity index (χ3v) is 5.15. The number of hydrogen-bond acceptors (Lipinski definition) is 3. The lowest BCUT2D eigenvalue weighted by Crippen LogP contribution is -2.53. The summed E-state index contributed by atoms with van der Waals surface area (Å²) in [5.74, 6) is 0.393. The number of hydrogen-bond donors (Lipinski definition) is 1. The van der Waals surface area contributed by atoms with Crippen LogP contribution < -0.4 is 5.73 Å². The summed E-state index contributed by atoms with van der Waals surface area (Å²) >= 11 is 0. The van der Waals surface area contributed by atoms with E-state index in [1.807, 2.05) is 0 Å². The van der Waals surface area contributed by atoms with Crippen molar-refractivity contribution in [2.75, 3.05) is 26.7 Å². The highest BCUT2D eigenvalue weighted by Crippen LogP contribution is 2.33. The molecule has 0 bridgehead atoms. The molecule has 1 heterocycles. The van der Waals surface area contributed by atoms with E-state index in [2.05, 4.69) is 0 Å². The molecule has 15 heavy (non-hydrogen) atoms. The zero-order valence-electron chi connectivity index (χ0n) is 9.09. The van der Waals surface area contributed by atoms with Crippen molar-refractivity contribution in [2.45, 2.75) is 25.3 Å². The smallest absolute Gasteiger partial charge is 0.281 e. The van der Waals surface area contributed by atoms with E-state index in [4.69, 9.17) is 5.73 Å². The van der Waals surface area contributed by atoms with Gasteiger partial charge in [0.1, 0.15) is 0 Å². The van der Waals surface area contributed by atoms with Crippen LogP contribution in [-0.2, 0) is 10.2 Å². The molecule has 1 saturated carbocycles. The summed E-state index contributed by atoms with van der Waals surface area (Å²) in [5.41, 5.74) is 5.52. The van der Waals surface area contributed by atoms with Gasteiger partial charge in [-0.25, -0.2) is 0 Å². The van der Waals surface area contributed by atoms with Crippen LogP contribution in [0.15, 0.2) is 0 Å². The number of nitrogens with two attached hydrogens (primary N) is 1. The fourth-order valence-electron chi connectivity index (χ4n) is 2.16. The summed E-state index contributed by atoms with van der Waals surface area (Å²) in [7, 11) is -1.50. The zero-order valence-corrected chi connectivity index (χ0v) is 9.91. The van der Waals surface area contributed by atoms with Gasteiger partial charge in [-0.1, -0.05) is 0 Å². The molecule has 1 atom stereocenters. The maximum absolute atomic E-state index is 12.0. The van der Waals surface area contributed by atoms with Crippen molar-refractivity contribution in [3.05, 3.63) is 0 Å². The summed E-state index contributed by atoms with van der Waals surface area (Å²) in [4.78, 5) is 0. The minimum atomic E-state index is -3.16. The Kier molecular flexibility index (Phi) is 3.03. The molecule has 1 aliphatic heterocycles. The summed E-state index contributed by atoms with van der Waals surface area (Å²) in [6, 6.07) is 0.262. The zero-order chi connectivity index (χ0) is 11.1. The van der Waals surface area contributed by atoms with E-state index in [-0.39, 0.29) is 6.04 Å². The van der Waals surface area contributed by atoms with Gasteiger partial charge in [0.15, 0.2) is 0 Å². The molecular formula is C9H19N3O2S. The van der Waals surface area contributed by atoms with Crippen LogP contribution in [0.5, 0.6) is 0 Å². The van der Waals surface area contributed by atoms with Crippen LogP contribution in [0.2, 0.25) is 0 Å². The van der Waals surface area contributed by atoms with E-state index in [1.54, 1.807) is 11.4 Å². The van der Waals surface area contributed by atoms with Gasteiger partial charge in [-0.05, 0) is 31.7 Å². The van der Waals surface area contributed by atoms with Crippen molar-refractivity contribution >= 4 is 10.2 Å². The highest BCUT2D eigenvalue weighted by Gasteiger charge is 2.43. The molecule has 5 nitrogen and oxygen atoms in total. The van der Waals surface area contributed by atoms with Crippen molar-refractivity contribution in [1.82, 2.24) is 8.61 Å². The third-order valence-electron chi connectivity index (χ3n) is 3.17. The quantitative estimate of drug-likeness (QED) is 0.721. The molecule has 2 N–H and O–H groups in total. The van der Waals surface area contributed by atoms with E-state index < -0.39 is 10.2 Å². The summed E-state index contributed by atoms with van der Waals surface area (Å²) in [6.45, 7) is 1.91. The van der Waals surface area contributed by atoms with Crippen LogP contribution in [0.25, 0.3) is 0 Å². The van der Waals surface area contributed by atoms with Gasteiger partial charge in [-0.2, -0.15) is 17.0 Å². The van der Waals surface area contributed by atoms with Gasteiger partial charge in [0.05, 0.1) is 0 Å². The monoisotopic (exact) mass is 233 g/mol. The SMILES string of the molecule is CN1CC(CCN)CN(C2CC2)S1(=O)=O. The molecular weight excluding hydrogens is 214 g/mol. The minimum Gasteiger partial charge on any atom is -0.330 e. The van der Waals surface area contributed by atoms with E-state index >= 15 is 0 Å². The summed E-state index contributed by atoms with van der Waals surface area (Å²) in [6.07, 6.45) is 2.94. The molecule has 2 rings (SSSR count). The Balaban J connectivity index is 2.11. The number of nitrogens with zero attached hydrogens (tertiary/aromatic N) is 2. The first-order valence-electron chi connectivity index (χ1n) is 5.49. The van der Waals surface area contributed by atoms with Gasteiger partial charge in [0.2, 0.25) is 0 Å². The average molecular weight is 233 g/mol. The molecule has 2 aliphatic rings. The molecule has 0 spiro atoms. The first-order valence-corrected chi connectivity index (χ1v) is 6.88. The lowest BCUT2D eigenvalue weighted by atomic mass is 10.1. The fraction of sp³-hybridized carbons (Fsp3) is 1.00. The summed E-state index contributed by atoms with van der Waals surface area (Å²) < 4.78 is 27.1. The molecule has 2 fully saturated rings. The second-order valence-corrected chi connectivity index (χ2v) is 6.52. The average Bonchev–Trinajstić information content (AvgIpc) is 2.95. The first kappa shape index (κ1) is 11.3. The maximum Gasteiger partial charge on any atom is 0.281 e. The lowest BCUT2D eigenvalue weighted by Gasteiger charge is -2.37. The molecule has 0 aromatic carbocycles. The first-order chi connectivity index (χ1) is 7.05. The Bertz CT molecular complexity index is 326. The van der Waals surface area contributed by atoms with E-state index in [9.17, 15) is 8.42 Å². The van der Waals surface area contributed by atoms with Gasteiger partial charge in [-0.15, -0.1) is 0 Å². The Labute approximate surface area is 91.4 Å². The second-order valence-electron chi connectivity index (χ2n) is 4.53. The van der Waals surface area contributed by atoms with Crippen LogP contribution >= 0.6 is 0 Å². The topological polar surface area (TPSA) is 66.6 Å². The Hall–Kier alpha value is -0.170. The van der Waals surface area contributed by atoms with Gasteiger partial charge in [0, 0.05) is 26.2 Å². The Morgan fingerprint density at radius 2 is 2.00 bits per heavy atom. The van der Waals surface area contributed by atoms with Gasteiger partial charge >= 0.3 is 0 Å². The van der Waals surface area contributed by atoms with Gasteiger partial charge < -0.3 is 5.73 Å². The van der Waals surface area contributed by atoms with Crippen LogP contribution in [0, 0.1) is 5.92 Å². The van der Waals surface area contributed by atoms with Gasteiger partial charge in [-0.3, -0.25) is 0 Å². The molecule has 0 amide bonds. The normalized spacial score (nSPS) is 33.1. The van der Waals surface area contributed by atoms with Crippen LogP contribution in [0.1, 0.15) is 19.3 Å². The molecule has 1 saturated heterocycles. The van der Waals surface area contributed by atoms with Crippen molar-refractivity contribution < 1.29 is 8.42 Å². The maximum atomic E-state index is 12.0. The molecule has 1 aliphatic carbocycles.